The summed E-state index contributed by atoms with van der Waals surface area (Å²) in [6.45, 7) is 0. The van der Waals surface area contributed by atoms with E-state index in [1.165, 1.54) is 55.6 Å². The molecule has 2 aliphatic rings. The Morgan fingerprint density at radius 3 is 1.47 bits per heavy atom. The van der Waals surface area contributed by atoms with Crippen LogP contribution in [0.25, 0.3) is 100 Å². The molecule has 0 N–H and O–H groups in total. The first-order chi connectivity index (χ1) is 30.8. The third kappa shape index (κ3) is 4.94. The van der Waals surface area contributed by atoms with Gasteiger partial charge < -0.3 is 4.42 Å². The molecule has 1 spiro atoms. The van der Waals surface area contributed by atoms with Crippen LogP contribution in [0.5, 0.6) is 0 Å². The smallest absolute Gasteiger partial charge is 0.160 e. The van der Waals surface area contributed by atoms with Crippen LogP contribution in [0.3, 0.4) is 0 Å². The molecule has 11 aromatic rings. The van der Waals surface area contributed by atoms with Crippen LogP contribution in [0.2, 0.25) is 0 Å². The van der Waals surface area contributed by atoms with E-state index in [1.807, 2.05) is 12.1 Å². The van der Waals surface area contributed by atoms with Gasteiger partial charge in [-0.3, -0.25) is 0 Å². The molecule has 2 aliphatic carbocycles. The second-order valence-corrected chi connectivity index (χ2v) is 16.3. The van der Waals surface area contributed by atoms with Crippen LogP contribution in [0.1, 0.15) is 22.3 Å². The topological polar surface area (TPSA) is 38.9 Å². The molecular formula is C59H36N2O. The summed E-state index contributed by atoms with van der Waals surface area (Å²) in [5.74, 6) is 0.654. The first kappa shape index (κ1) is 34.7. The largest absolute Gasteiger partial charge is 0.455 e. The average Bonchev–Trinajstić information content (AvgIpc) is 3.84. The highest BCUT2D eigenvalue weighted by atomic mass is 16.3. The number of hydrogen-bond acceptors (Lipinski definition) is 3. The van der Waals surface area contributed by atoms with Gasteiger partial charge in [-0.2, -0.15) is 0 Å². The first-order valence-corrected chi connectivity index (χ1v) is 21.2. The van der Waals surface area contributed by atoms with Crippen molar-refractivity contribution in [2.45, 2.75) is 5.41 Å². The van der Waals surface area contributed by atoms with Gasteiger partial charge in [0.25, 0.3) is 0 Å². The molecular weight excluding hydrogens is 753 g/mol. The molecule has 2 aromatic heterocycles. The Kier molecular flexibility index (Phi) is 7.52. The van der Waals surface area contributed by atoms with Crippen molar-refractivity contribution in [3.8, 4) is 78.4 Å². The van der Waals surface area contributed by atoms with E-state index < -0.39 is 5.41 Å². The summed E-state index contributed by atoms with van der Waals surface area (Å²) in [5, 5.41) is 2.15. The Morgan fingerprint density at radius 1 is 0.306 bits per heavy atom. The molecule has 0 atom stereocenters. The van der Waals surface area contributed by atoms with Gasteiger partial charge in [-0.15, -0.1) is 0 Å². The molecule has 3 nitrogen and oxygen atoms in total. The van der Waals surface area contributed by atoms with Gasteiger partial charge in [0.2, 0.25) is 0 Å². The van der Waals surface area contributed by atoms with E-state index in [-0.39, 0.29) is 0 Å². The van der Waals surface area contributed by atoms with Gasteiger partial charge in [0.1, 0.15) is 11.2 Å². The van der Waals surface area contributed by atoms with Crippen molar-refractivity contribution in [3.63, 3.8) is 0 Å². The summed E-state index contributed by atoms with van der Waals surface area (Å²) in [6.07, 6.45) is 0. The maximum absolute atomic E-state index is 6.64. The molecule has 0 radical (unpaired) electrons. The van der Waals surface area contributed by atoms with Gasteiger partial charge in [0.05, 0.1) is 16.8 Å². The lowest BCUT2D eigenvalue weighted by molar-refractivity contribution is 0.670. The summed E-state index contributed by atoms with van der Waals surface area (Å²) in [7, 11) is 0. The average molecular weight is 789 g/mol. The minimum absolute atomic E-state index is 0.617. The predicted octanol–water partition coefficient (Wildman–Crippen LogP) is 15.1. The monoisotopic (exact) mass is 788 g/mol. The third-order valence-electron chi connectivity index (χ3n) is 13.2. The van der Waals surface area contributed by atoms with Gasteiger partial charge in [-0.25, -0.2) is 9.97 Å². The van der Waals surface area contributed by atoms with Crippen molar-refractivity contribution in [1.82, 2.24) is 9.97 Å². The standard InChI is InChI=1S/C59H36N2O/c1-2-17-37(18-3-1)39-19-4-7-25-46(39)54-36-55(49-28-16-27-48-47-26-11-15-32-56(47)62-57(48)49)61-58(60-54)38-33-34-45-44-24-10-14-31-52(44)59(53(45)35-38)50-29-12-8-22-42(50)40-20-5-6-21-41(40)43-23-9-13-30-51(43)59/h1-36H. The number of benzene rings is 9. The summed E-state index contributed by atoms with van der Waals surface area (Å²) in [6, 6.07) is 78.6. The first-order valence-electron chi connectivity index (χ1n) is 21.2. The second kappa shape index (κ2) is 13.4. The van der Waals surface area contributed by atoms with Crippen LogP contribution >= 0.6 is 0 Å². The Balaban J connectivity index is 1.10. The summed E-state index contributed by atoms with van der Waals surface area (Å²) >= 11 is 0. The quantitative estimate of drug-likeness (QED) is 0.178. The highest BCUT2D eigenvalue weighted by molar-refractivity contribution is 6.09. The molecule has 13 rings (SSSR count). The van der Waals surface area contributed by atoms with E-state index in [9.17, 15) is 0 Å². The van der Waals surface area contributed by atoms with E-state index in [2.05, 4.69) is 206 Å². The van der Waals surface area contributed by atoms with Crippen LogP contribution in [0.4, 0.5) is 0 Å². The molecule has 0 saturated carbocycles. The van der Waals surface area contributed by atoms with Gasteiger partial charge >= 0.3 is 0 Å². The zero-order valence-corrected chi connectivity index (χ0v) is 33.6. The van der Waals surface area contributed by atoms with Crippen LogP contribution in [0.15, 0.2) is 223 Å². The SMILES string of the molecule is c1ccc(-c2ccccc2-c2cc(-c3cccc4c3oc3ccccc34)nc(-c3ccc4c(c3)C3(c5ccccc5-c5ccccc5-c5ccccc53)c3ccccc3-4)n2)cc1. The molecule has 0 amide bonds. The number of nitrogens with zero attached hydrogens (tertiary/aromatic N) is 2. The maximum atomic E-state index is 6.64. The zero-order valence-electron chi connectivity index (χ0n) is 33.6. The number of hydrogen-bond donors (Lipinski definition) is 0. The molecule has 62 heavy (non-hydrogen) atoms. The van der Waals surface area contributed by atoms with Gasteiger partial charge in [-0.1, -0.05) is 194 Å². The molecule has 3 heteroatoms. The normalized spacial score (nSPS) is 13.0. The minimum atomic E-state index is -0.617. The van der Waals surface area contributed by atoms with Crippen molar-refractivity contribution in [3.05, 3.63) is 241 Å². The Morgan fingerprint density at radius 2 is 0.790 bits per heavy atom. The number of furan rings is 1. The molecule has 288 valence electrons. The second-order valence-electron chi connectivity index (χ2n) is 16.3. The van der Waals surface area contributed by atoms with Crippen LogP contribution in [-0.4, -0.2) is 9.97 Å². The van der Waals surface area contributed by atoms with Gasteiger partial charge in [-0.05, 0) is 91.0 Å². The Hall–Kier alpha value is -8.14. The van der Waals surface area contributed by atoms with E-state index in [4.69, 9.17) is 14.4 Å². The van der Waals surface area contributed by atoms with Crippen LogP contribution in [-0.2, 0) is 5.41 Å². The molecule has 0 bridgehead atoms. The molecule has 0 saturated heterocycles. The molecule has 2 heterocycles. The van der Waals surface area contributed by atoms with Crippen molar-refractivity contribution < 1.29 is 4.42 Å². The minimum Gasteiger partial charge on any atom is -0.455 e. The highest BCUT2D eigenvalue weighted by Crippen LogP contribution is 2.61. The summed E-state index contributed by atoms with van der Waals surface area (Å²) < 4.78 is 6.64. The highest BCUT2D eigenvalue weighted by Gasteiger charge is 2.49. The number of rotatable bonds is 4. The van der Waals surface area contributed by atoms with Crippen molar-refractivity contribution in [2.24, 2.45) is 0 Å². The fourth-order valence-corrected chi connectivity index (χ4v) is 10.6. The van der Waals surface area contributed by atoms with E-state index >= 15 is 0 Å². The number of para-hydroxylation sites is 2. The van der Waals surface area contributed by atoms with E-state index in [0.717, 1.165) is 61.1 Å². The summed E-state index contributed by atoms with van der Waals surface area (Å²) in [5.41, 5.74) is 20.3. The van der Waals surface area contributed by atoms with E-state index in [1.54, 1.807) is 0 Å². The lowest BCUT2D eigenvalue weighted by atomic mass is 9.66. The predicted molar refractivity (Wildman–Crippen MR) is 253 cm³/mol. The zero-order chi connectivity index (χ0) is 40.8. The van der Waals surface area contributed by atoms with Crippen LogP contribution < -0.4 is 0 Å². The van der Waals surface area contributed by atoms with Gasteiger partial charge in [0.15, 0.2) is 5.82 Å². The summed E-state index contributed by atoms with van der Waals surface area (Å²) in [4.78, 5) is 11.0. The Labute approximate surface area is 359 Å². The van der Waals surface area contributed by atoms with Crippen molar-refractivity contribution in [2.75, 3.05) is 0 Å². The van der Waals surface area contributed by atoms with E-state index in [0.29, 0.717) is 5.82 Å². The molecule has 9 aromatic carbocycles. The Bertz CT molecular complexity index is 3530. The lowest BCUT2D eigenvalue weighted by Gasteiger charge is -2.35. The molecule has 0 aliphatic heterocycles. The third-order valence-corrected chi connectivity index (χ3v) is 13.2. The fraction of sp³-hybridized carbons (Fsp3) is 0.0169. The lowest BCUT2D eigenvalue weighted by Crippen LogP contribution is -2.29. The molecule has 0 fully saturated rings. The maximum Gasteiger partial charge on any atom is 0.160 e. The van der Waals surface area contributed by atoms with Crippen molar-refractivity contribution in [1.29, 1.82) is 0 Å². The number of aromatic nitrogens is 2. The number of fused-ring (bicyclic) bond motifs is 15. The molecule has 0 unspecified atom stereocenters. The van der Waals surface area contributed by atoms with Crippen molar-refractivity contribution >= 4 is 21.9 Å². The fourth-order valence-electron chi connectivity index (χ4n) is 10.6. The van der Waals surface area contributed by atoms with Crippen LogP contribution in [0, 0.1) is 0 Å². The van der Waals surface area contributed by atoms with Gasteiger partial charge in [0, 0.05) is 27.5 Å².